The summed E-state index contributed by atoms with van der Waals surface area (Å²) < 4.78 is 2.25. The van der Waals surface area contributed by atoms with Crippen LogP contribution in [-0.4, -0.2) is 20.0 Å². The van der Waals surface area contributed by atoms with Gasteiger partial charge in [-0.25, -0.2) is 4.98 Å². The van der Waals surface area contributed by atoms with Crippen molar-refractivity contribution in [2.75, 3.05) is 11.1 Å². The van der Waals surface area contributed by atoms with Gasteiger partial charge in [0.25, 0.3) is 0 Å². The van der Waals surface area contributed by atoms with E-state index in [0.717, 1.165) is 22.4 Å². The highest BCUT2D eigenvalue weighted by molar-refractivity contribution is 9.09. The molecule has 2 rings (SSSR count). The first-order valence-corrected chi connectivity index (χ1v) is 8.02. The number of aromatic nitrogens is 2. The molecule has 0 aliphatic heterocycles. The van der Waals surface area contributed by atoms with Crippen LogP contribution in [0.1, 0.15) is 25.1 Å². The van der Waals surface area contributed by atoms with Gasteiger partial charge in [0.2, 0.25) is 0 Å². The second kappa shape index (κ2) is 6.45. The topological polar surface area (TPSA) is 17.8 Å². The van der Waals surface area contributed by atoms with Crippen molar-refractivity contribution in [3.63, 3.8) is 0 Å². The fraction of sp³-hybridized carbons (Fsp3) is 0.462. The van der Waals surface area contributed by atoms with Crippen LogP contribution in [0.2, 0.25) is 0 Å². The summed E-state index contributed by atoms with van der Waals surface area (Å²) in [5, 5.41) is 1.12. The zero-order valence-electron chi connectivity index (χ0n) is 10.0. The SMILES string of the molecule is Cc1nc2ccccc2n1SCCCCCBr. The first kappa shape index (κ1) is 13.0. The van der Waals surface area contributed by atoms with Gasteiger partial charge < -0.3 is 0 Å². The summed E-state index contributed by atoms with van der Waals surface area (Å²) in [7, 11) is 0. The lowest BCUT2D eigenvalue weighted by Crippen LogP contribution is -1.93. The lowest BCUT2D eigenvalue weighted by molar-refractivity contribution is 0.787. The lowest BCUT2D eigenvalue weighted by atomic mass is 10.3. The molecule has 0 saturated heterocycles. The predicted octanol–water partition coefficient (Wildman–Crippen LogP) is 4.41. The molecular formula is C13H17BrN2S. The minimum Gasteiger partial charge on any atom is -0.270 e. The fourth-order valence-corrected chi connectivity index (χ4v) is 3.25. The van der Waals surface area contributed by atoms with Gasteiger partial charge in [0, 0.05) is 11.1 Å². The number of para-hydroxylation sites is 2. The normalized spacial score (nSPS) is 11.2. The summed E-state index contributed by atoms with van der Waals surface area (Å²) in [6.45, 7) is 2.07. The molecule has 17 heavy (non-hydrogen) atoms. The second-order valence-electron chi connectivity index (χ2n) is 4.02. The molecule has 0 amide bonds. The third kappa shape index (κ3) is 3.26. The molecule has 92 valence electrons. The Bertz CT molecular complexity index is 481. The first-order valence-electron chi connectivity index (χ1n) is 5.96. The minimum atomic E-state index is 1.09. The molecule has 0 aliphatic carbocycles. The quantitative estimate of drug-likeness (QED) is 0.581. The number of hydrogen-bond acceptors (Lipinski definition) is 2. The van der Waals surface area contributed by atoms with E-state index in [-0.39, 0.29) is 0 Å². The predicted molar refractivity (Wildman–Crippen MR) is 80.0 cm³/mol. The summed E-state index contributed by atoms with van der Waals surface area (Å²) in [6.07, 6.45) is 3.83. The zero-order valence-corrected chi connectivity index (χ0v) is 12.4. The van der Waals surface area contributed by atoms with Gasteiger partial charge in [-0.15, -0.1) is 0 Å². The van der Waals surface area contributed by atoms with E-state index in [0.29, 0.717) is 0 Å². The number of hydrogen-bond donors (Lipinski definition) is 0. The number of fused-ring (bicyclic) bond motifs is 1. The second-order valence-corrected chi connectivity index (χ2v) is 5.85. The van der Waals surface area contributed by atoms with Crippen LogP contribution in [0.15, 0.2) is 24.3 Å². The van der Waals surface area contributed by atoms with Crippen LogP contribution >= 0.6 is 27.9 Å². The molecule has 2 aromatic rings. The van der Waals surface area contributed by atoms with Gasteiger partial charge in [0.05, 0.1) is 11.0 Å². The molecule has 0 radical (unpaired) electrons. The van der Waals surface area contributed by atoms with Crippen LogP contribution in [0.4, 0.5) is 0 Å². The van der Waals surface area contributed by atoms with Crippen LogP contribution in [0, 0.1) is 6.92 Å². The Morgan fingerprint density at radius 3 is 2.88 bits per heavy atom. The third-order valence-electron chi connectivity index (χ3n) is 2.68. The molecule has 2 nitrogen and oxygen atoms in total. The van der Waals surface area contributed by atoms with Crippen LogP contribution in [0.3, 0.4) is 0 Å². The van der Waals surface area contributed by atoms with E-state index in [1.807, 2.05) is 18.0 Å². The van der Waals surface area contributed by atoms with Crippen molar-refractivity contribution in [1.29, 1.82) is 0 Å². The highest BCUT2D eigenvalue weighted by Crippen LogP contribution is 2.22. The highest BCUT2D eigenvalue weighted by Gasteiger charge is 2.06. The van der Waals surface area contributed by atoms with Crippen molar-refractivity contribution in [1.82, 2.24) is 8.96 Å². The molecular weight excluding hydrogens is 296 g/mol. The zero-order chi connectivity index (χ0) is 12.1. The average molecular weight is 313 g/mol. The summed E-state index contributed by atoms with van der Waals surface area (Å²) in [5.74, 6) is 2.26. The van der Waals surface area contributed by atoms with E-state index >= 15 is 0 Å². The van der Waals surface area contributed by atoms with Crippen molar-refractivity contribution in [3.8, 4) is 0 Å². The molecule has 1 aromatic heterocycles. The summed E-state index contributed by atoms with van der Waals surface area (Å²) >= 11 is 5.33. The van der Waals surface area contributed by atoms with Crippen molar-refractivity contribution in [2.45, 2.75) is 26.2 Å². The largest absolute Gasteiger partial charge is 0.270 e. The third-order valence-corrected chi connectivity index (χ3v) is 4.43. The molecule has 0 atom stereocenters. The van der Waals surface area contributed by atoms with Crippen LogP contribution < -0.4 is 0 Å². The summed E-state index contributed by atoms with van der Waals surface area (Å²) in [6, 6.07) is 8.33. The van der Waals surface area contributed by atoms with E-state index in [9.17, 15) is 0 Å². The number of alkyl halides is 1. The molecule has 0 bridgehead atoms. The molecule has 0 unspecified atom stereocenters. The number of rotatable bonds is 6. The maximum Gasteiger partial charge on any atom is 0.116 e. The highest BCUT2D eigenvalue weighted by atomic mass is 79.9. The molecule has 0 spiro atoms. The van der Waals surface area contributed by atoms with Crippen molar-refractivity contribution >= 4 is 38.9 Å². The molecule has 0 fully saturated rings. The molecule has 0 N–H and O–H groups in total. The number of benzene rings is 1. The van der Waals surface area contributed by atoms with E-state index in [1.54, 1.807) is 0 Å². The van der Waals surface area contributed by atoms with Crippen LogP contribution in [0.25, 0.3) is 11.0 Å². The van der Waals surface area contributed by atoms with E-state index in [4.69, 9.17) is 0 Å². The van der Waals surface area contributed by atoms with Crippen molar-refractivity contribution in [3.05, 3.63) is 30.1 Å². The number of halogens is 1. The van der Waals surface area contributed by atoms with E-state index < -0.39 is 0 Å². The van der Waals surface area contributed by atoms with Crippen LogP contribution in [0.5, 0.6) is 0 Å². The lowest BCUT2D eigenvalue weighted by Gasteiger charge is -2.05. The van der Waals surface area contributed by atoms with Crippen molar-refractivity contribution < 1.29 is 0 Å². The van der Waals surface area contributed by atoms with E-state index in [2.05, 4.69) is 50.0 Å². The number of imidazole rings is 1. The van der Waals surface area contributed by atoms with Gasteiger partial charge >= 0.3 is 0 Å². The molecule has 0 saturated carbocycles. The Morgan fingerprint density at radius 2 is 2.06 bits per heavy atom. The maximum absolute atomic E-state index is 4.56. The number of unbranched alkanes of at least 4 members (excludes halogenated alkanes) is 2. The standard InChI is InChI=1S/C13H17BrN2S/c1-11-15-12-7-3-4-8-13(12)16(11)17-10-6-2-5-9-14/h3-4,7-8H,2,5-6,9-10H2,1H3. The van der Waals surface area contributed by atoms with Gasteiger partial charge in [-0.3, -0.25) is 3.97 Å². The van der Waals surface area contributed by atoms with E-state index in [1.165, 1.54) is 24.8 Å². The monoisotopic (exact) mass is 312 g/mol. The fourth-order valence-electron chi connectivity index (χ4n) is 1.82. The molecule has 0 aliphatic rings. The Kier molecular flexibility index (Phi) is 4.92. The molecule has 1 heterocycles. The Hall–Kier alpha value is -0.480. The Balaban J connectivity index is 2.00. The number of aryl methyl sites for hydroxylation is 1. The van der Waals surface area contributed by atoms with Gasteiger partial charge in [0.15, 0.2) is 0 Å². The summed E-state index contributed by atoms with van der Waals surface area (Å²) in [5.41, 5.74) is 2.33. The van der Waals surface area contributed by atoms with Crippen molar-refractivity contribution in [2.24, 2.45) is 0 Å². The van der Waals surface area contributed by atoms with Gasteiger partial charge in [-0.1, -0.05) is 34.5 Å². The van der Waals surface area contributed by atoms with Gasteiger partial charge in [-0.2, -0.15) is 0 Å². The first-order chi connectivity index (χ1) is 8.33. The van der Waals surface area contributed by atoms with Gasteiger partial charge in [0.1, 0.15) is 5.82 Å². The maximum atomic E-state index is 4.56. The molecule has 1 aromatic carbocycles. The van der Waals surface area contributed by atoms with Crippen LogP contribution in [-0.2, 0) is 0 Å². The van der Waals surface area contributed by atoms with Gasteiger partial charge in [-0.05, 0) is 43.8 Å². The molecule has 4 heteroatoms. The summed E-state index contributed by atoms with van der Waals surface area (Å²) in [4.78, 5) is 4.56. The number of nitrogens with zero attached hydrogens (tertiary/aromatic N) is 2. The average Bonchev–Trinajstić information content (AvgIpc) is 2.65. The Labute approximate surface area is 115 Å². The minimum absolute atomic E-state index is 1.09. The smallest absolute Gasteiger partial charge is 0.116 e. The Morgan fingerprint density at radius 1 is 1.24 bits per heavy atom.